The Morgan fingerprint density at radius 2 is 2.05 bits per heavy atom. The van der Waals surface area contributed by atoms with E-state index in [4.69, 9.17) is 16.0 Å². The fraction of sp³-hybridized carbons (Fsp3) is 0.267. The maximum atomic E-state index is 12.7. The minimum atomic E-state index is -4.49. The van der Waals surface area contributed by atoms with Gasteiger partial charge in [-0.25, -0.2) is 0 Å². The number of rotatable bonds is 4. The van der Waals surface area contributed by atoms with E-state index in [1.165, 1.54) is 13.3 Å². The van der Waals surface area contributed by atoms with Crippen LogP contribution in [0.25, 0.3) is 0 Å². The molecule has 0 atom stereocenters. The number of alkyl halides is 3. The summed E-state index contributed by atoms with van der Waals surface area (Å²) >= 11 is 5.91. The minimum Gasteiger partial charge on any atom is -0.469 e. The quantitative estimate of drug-likeness (QED) is 0.823. The Hall–Kier alpha value is -1.95. The fourth-order valence-electron chi connectivity index (χ4n) is 1.93. The molecule has 7 heteroatoms. The van der Waals surface area contributed by atoms with E-state index in [1.54, 1.807) is 12.1 Å². The molecular weight excluding hydrogens is 319 g/mol. The van der Waals surface area contributed by atoms with Gasteiger partial charge in [0.15, 0.2) is 0 Å². The van der Waals surface area contributed by atoms with Crippen molar-refractivity contribution in [1.82, 2.24) is 0 Å². The van der Waals surface area contributed by atoms with Crippen molar-refractivity contribution in [3.05, 3.63) is 52.9 Å². The van der Waals surface area contributed by atoms with Crippen LogP contribution in [0.2, 0.25) is 5.02 Å². The molecule has 2 rings (SSSR count). The van der Waals surface area contributed by atoms with Crippen LogP contribution in [-0.4, -0.2) is 13.0 Å². The number of hydrogen-bond donors (Lipinski definition) is 0. The van der Waals surface area contributed by atoms with Crippen molar-refractivity contribution in [2.45, 2.75) is 19.0 Å². The van der Waals surface area contributed by atoms with Crippen LogP contribution in [0.3, 0.4) is 0 Å². The number of carbonyl (C=O) groups is 1. The lowest BCUT2D eigenvalue weighted by molar-refractivity contribution is -0.137. The number of furan rings is 1. The van der Waals surface area contributed by atoms with Gasteiger partial charge in [-0.1, -0.05) is 11.6 Å². The molecule has 118 valence electrons. The second-order valence-electron chi connectivity index (χ2n) is 4.70. The highest BCUT2D eigenvalue weighted by Crippen LogP contribution is 2.35. The zero-order chi connectivity index (χ0) is 16.3. The minimum absolute atomic E-state index is 0.0286. The summed E-state index contributed by atoms with van der Waals surface area (Å²) in [6, 6.07) is 6.31. The molecule has 2 aromatic rings. The van der Waals surface area contributed by atoms with E-state index in [0.717, 1.165) is 23.1 Å². The van der Waals surface area contributed by atoms with E-state index >= 15 is 0 Å². The maximum Gasteiger partial charge on any atom is 0.416 e. The van der Waals surface area contributed by atoms with Gasteiger partial charge in [0.05, 0.1) is 22.5 Å². The predicted octanol–water partition coefficient (Wildman–Crippen LogP) is 4.55. The summed E-state index contributed by atoms with van der Waals surface area (Å²) in [5, 5.41) is 0.0850. The van der Waals surface area contributed by atoms with Crippen molar-refractivity contribution >= 4 is 23.2 Å². The highest BCUT2D eigenvalue weighted by molar-refractivity contribution is 6.33. The van der Waals surface area contributed by atoms with Crippen molar-refractivity contribution in [1.29, 1.82) is 0 Å². The van der Waals surface area contributed by atoms with Crippen LogP contribution in [0.5, 0.6) is 0 Å². The molecular formula is C15H13ClF3NO2. The average molecular weight is 332 g/mol. The van der Waals surface area contributed by atoms with Gasteiger partial charge in [-0.15, -0.1) is 0 Å². The Labute approximate surface area is 130 Å². The molecule has 22 heavy (non-hydrogen) atoms. The van der Waals surface area contributed by atoms with Crippen LogP contribution in [0, 0.1) is 0 Å². The Bertz CT molecular complexity index is 653. The summed E-state index contributed by atoms with van der Waals surface area (Å²) in [4.78, 5) is 13.2. The number of anilines is 1. The zero-order valence-electron chi connectivity index (χ0n) is 11.7. The molecule has 0 N–H and O–H groups in total. The van der Waals surface area contributed by atoms with Gasteiger partial charge in [-0.3, -0.25) is 4.79 Å². The number of aryl methyl sites for hydroxylation is 1. The van der Waals surface area contributed by atoms with Gasteiger partial charge in [0.25, 0.3) is 0 Å². The Kier molecular flexibility index (Phi) is 4.81. The number of nitrogens with zero attached hydrogens (tertiary/aromatic N) is 1. The Balaban J connectivity index is 2.14. The smallest absolute Gasteiger partial charge is 0.416 e. The van der Waals surface area contributed by atoms with Gasteiger partial charge in [0.1, 0.15) is 5.76 Å². The highest BCUT2D eigenvalue weighted by Gasteiger charge is 2.31. The third kappa shape index (κ3) is 3.82. The second-order valence-corrected chi connectivity index (χ2v) is 5.10. The Morgan fingerprint density at radius 1 is 1.32 bits per heavy atom. The predicted molar refractivity (Wildman–Crippen MR) is 76.9 cm³/mol. The van der Waals surface area contributed by atoms with Gasteiger partial charge < -0.3 is 9.32 Å². The molecule has 0 bridgehead atoms. The number of amides is 1. The molecule has 1 aromatic carbocycles. The fourth-order valence-corrected chi connectivity index (χ4v) is 2.18. The molecule has 1 heterocycles. The topological polar surface area (TPSA) is 33.5 Å². The highest BCUT2D eigenvalue weighted by atomic mass is 35.5. The second kappa shape index (κ2) is 6.44. The molecule has 0 saturated carbocycles. The van der Waals surface area contributed by atoms with E-state index in [0.29, 0.717) is 12.2 Å². The van der Waals surface area contributed by atoms with Crippen molar-refractivity contribution in [2.75, 3.05) is 11.9 Å². The van der Waals surface area contributed by atoms with E-state index in [2.05, 4.69) is 0 Å². The number of halogens is 4. The lowest BCUT2D eigenvalue weighted by Gasteiger charge is -2.20. The first-order valence-electron chi connectivity index (χ1n) is 6.44. The summed E-state index contributed by atoms with van der Waals surface area (Å²) < 4.78 is 43.3. The summed E-state index contributed by atoms with van der Waals surface area (Å²) in [5.41, 5.74) is -0.821. The van der Waals surface area contributed by atoms with Gasteiger partial charge >= 0.3 is 6.18 Å². The zero-order valence-corrected chi connectivity index (χ0v) is 12.4. The number of benzene rings is 1. The summed E-state index contributed by atoms with van der Waals surface area (Å²) in [7, 11) is 1.39. The van der Waals surface area contributed by atoms with Gasteiger partial charge in [0.2, 0.25) is 5.91 Å². The lowest BCUT2D eigenvalue weighted by atomic mass is 10.1. The molecule has 1 aromatic heterocycles. The van der Waals surface area contributed by atoms with Crippen LogP contribution in [0.15, 0.2) is 41.0 Å². The molecule has 0 unspecified atom stereocenters. The third-order valence-corrected chi connectivity index (χ3v) is 3.49. The molecule has 0 aliphatic rings. The monoisotopic (exact) mass is 331 g/mol. The van der Waals surface area contributed by atoms with Gasteiger partial charge in [-0.05, 0) is 30.3 Å². The molecule has 1 amide bonds. The Morgan fingerprint density at radius 3 is 2.64 bits per heavy atom. The van der Waals surface area contributed by atoms with E-state index in [9.17, 15) is 18.0 Å². The molecule has 3 nitrogen and oxygen atoms in total. The van der Waals surface area contributed by atoms with E-state index in [1.807, 2.05) is 0 Å². The lowest BCUT2D eigenvalue weighted by Crippen LogP contribution is -2.27. The number of carbonyl (C=O) groups excluding carboxylic acids is 1. The summed E-state index contributed by atoms with van der Waals surface area (Å²) in [6.07, 6.45) is -2.52. The van der Waals surface area contributed by atoms with Gasteiger partial charge in [0, 0.05) is 19.9 Å². The first-order valence-corrected chi connectivity index (χ1v) is 6.82. The van der Waals surface area contributed by atoms with Crippen LogP contribution in [0.1, 0.15) is 17.7 Å². The van der Waals surface area contributed by atoms with Crippen LogP contribution >= 0.6 is 11.6 Å². The molecule has 0 aliphatic carbocycles. The molecule has 0 fully saturated rings. The van der Waals surface area contributed by atoms with E-state index in [-0.39, 0.29) is 23.0 Å². The molecule has 0 radical (unpaired) electrons. The standard InChI is InChI=1S/C15H13ClF3NO2/c1-20(14(21)7-5-11-3-2-8-22-11)13-9-10(15(17,18)19)4-6-12(13)16/h2-4,6,8-9H,5,7H2,1H3. The largest absolute Gasteiger partial charge is 0.469 e. The molecule has 0 spiro atoms. The molecule has 0 aliphatic heterocycles. The summed E-state index contributed by atoms with van der Waals surface area (Å²) in [6.45, 7) is 0. The van der Waals surface area contributed by atoms with Crippen molar-refractivity contribution in [2.24, 2.45) is 0 Å². The SMILES string of the molecule is CN(C(=O)CCc1ccco1)c1cc(C(F)(F)F)ccc1Cl. The first-order chi connectivity index (χ1) is 10.3. The maximum absolute atomic E-state index is 12.7. The van der Waals surface area contributed by atoms with E-state index < -0.39 is 11.7 Å². The van der Waals surface area contributed by atoms with Crippen molar-refractivity contribution in [3.63, 3.8) is 0 Å². The summed E-state index contributed by atoms with van der Waals surface area (Å²) in [5.74, 6) is 0.287. The van der Waals surface area contributed by atoms with Crippen LogP contribution in [-0.2, 0) is 17.4 Å². The van der Waals surface area contributed by atoms with Crippen LogP contribution < -0.4 is 4.90 Å². The first kappa shape index (κ1) is 16.4. The number of hydrogen-bond acceptors (Lipinski definition) is 2. The normalized spacial score (nSPS) is 11.5. The van der Waals surface area contributed by atoms with Crippen molar-refractivity contribution < 1.29 is 22.4 Å². The average Bonchev–Trinajstić information content (AvgIpc) is 2.96. The van der Waals surface area contributed by atoms with Crippen molar-refractivity contribution in [3.8, 4) is 0 Å². The van der Waals surface area contributed by atoms with Gasteiger partial charge in [-0.2, -0.15) is 13.2 Å². The third-order valence-electron chi connectivity index (χ3n) is 3.17. The molecule has 0 saturated heterocycles. The van der Waals surface area contributed by atoms with Crippen LogP contribution in [0.4, 0.5) is 18.9 Å².